The van der Waals surface area contributed by atoms with E-state index in [4.69, 9.17) is 16.7 Å². The van der Waals surface area contributed by atoms with Crippen LogP contribution in [-0.4, -0.2) is 18.3 Å². The smallest absolute Gasteiger partial charge is 0.0431 e. The van der Waals surface area contributed by atoms with Gasteiger partial charge < -0.3 is 10.4 Å². The van der Waals surface area contributed by atoms with Gasteiger partial charge in [0.25, 0.3) is 0 Å². The van der Waals surface area contributed by atoms with Crippen LogP contribution in [0.4, 0.5) is 0 Å². The van der Waals surface area contributed by atoms with Crippen molar-refractivity contribution in [2.24, 2.45) is 0 Å². The molecule has 0 aliphatic heterocycles. The number of aliphatic hydroxyl groups is 1. The second-order valence-electron chi connectivity index (χ2n) is 4.02. The first kappa shape index (κ1) is 13.5. The van der Waals surface area contributed by atoms with Gasteiger partial charge in [-0.15, -0.1) is 0 Å². The van der Waals surface area contributed by atoms with Crippen molar-refractivity contribution in [2.45, 2.75) is 32.2 Å². The summed E-state index contributed by atoms with van der Waals surface area (Å²) in [5.74, 6) is 0. The van der Waals surface area contributed by atoms with Gasteiger partial charge in [-0.2, -0.15) is 0 Å². The molecule has 0 amide bonds. The minimum absolute atomic E-state index is 0.295. The molecular formula is C13H20ClNO. The van der Waals surface area contributed by atoms with E-state index >= 15 is 0 Å². The summed E-state index contributed by atoms with van der Waals surface area (Å²) >= 11 is 5.94. The van der Waals surface area contributed by atoms with E-state index in [2.05, 4.69) is 18.3 Å². The van der Waals surface area contributed by atoms with Crippen LogP contribution in [0.5, 0.6) is 0 Å². The Bertz CT molecular complexity index is 304. The van der Waals surface area contributed by atoms with Crippen molar-refractivity contribution in [3.05, 3.63) is 34.9 Å². The summed E-state index contributed by atoms with van der Waals surface area (Å²) < 4.78 is 0. The molecule has 0 heterocycles. The highest BCUT2D eigenvalue weighted by atomic mass is 35.5. The molecule has 0 aliphatic rings. The third-order valence-electron chi connectivity index (χ3n) is 2.63. The molecule has 1 aromatic rings. The monoisotopic (exact) mass is 241 g/mol. The Morgan fingerprint density at radius 1 is 1.31 bits per heavy atom. The number of unbranched alkanes of at least 4 members (excludes halogenated alkanes) is 2. The van der Waals surface area contributed by atoms with Gasteiger partial charge in [-0.25, -0.2) is 0 Å². The van der Waals surface area contributed by atoms with E-state index in [-0.39, 0.29) is 0 Å². The number of rotatable bonds is 7. The van der Waals surface area contributed by atoms with Crippen LogP contribution in [0.3, 0.4) is 0 Å². The molecule has 0 saturated carbocycles. The van der Waals surface area contributed by atoms with Crippen LogP contribution in [-0.2, 0) is 0 Å². The summed E-state index contributed by atoms with van der Waals surface area (Å²) in [6, 6.07) is 8.26. The van der Waals surface area contributed by atoms with Crippen LogP contribution in [0.2, 0.25) is 5.02 Å². The lowest BCUT2D eigenvalue weighted by Gasteiger charge is -2.14. The van der Waals surface area contributed by atoms with Gasteiger partial charge in [0.1, 0.15) is 0 Å². The molecule has 1 rings (SSSR count). The van der Waals surface area contributed by atoms with Crippen molar-refractivity contribution in [1.29, 1.82) is 0 Å². The highest BCUT2D eigenvalue weighted by Crippen LogP contribution is 2.17. The predicted octanol–water partition coefficient (Wildman–Crippen LogP) is 3.15. The van der Waals surface area contributed by atoms with Gasteiger partial charge in [-0.3, -0.25) is 0 Å². The molecule has 1 atom stereocenters. The van der Waals surface area contributed by atoms with E-state index in [1.165, 1.54) is 5.56 Å². The summed E-state index contributed by atoms with van der Waals surface area (Å²) in [5, 5.41) is 12.9. The lowest BCUT2D eigenvalue weighted by atomic mass is 10.1. The Labute approximate surface area is 103 Å². The maximum atomic E-state index is 8.65. The van der Waals surface area contributed by atoms with Crippen LogP contribution in [0.1, 0.15) is 37.8 Å². The van der Waals surface area contributed by atoms with E-state index in [9.17, 15) is 0 Å². The van der Waals surface area contributed by atoms with Crippen molar-refractivity contribution in [3.63, 3.8) is 0 Å². The largest absolute Gasteiger partial charge is 0.396 e. The fraction of sp³-hybridized carbons (Fsp3) is 0.538. The van der Waals surface area contributed by atoms with Crippen molar-refractivity contribution in [3.8, 4) is 0 Å². The average Bonchev–Trinajstić information content (AvgIpc) is 2.28. The predicted molar refractivity (Wildman–Crippen MR) is 68.8 cm³/mol. The average molecular weight is 242 g/mol. The standard InChI is InChI=1S/C13H20ClNO/c1-11(15-8-3-2-4-9-16)12-6-5-7-13(14)10-12/h5-7,10-11,15-16H,2-4,8-9H2,1H3/t11-/m1/s1. The van der Waals surface area contributed by atoms with E-state index in [1.807, 2.05) is 18.2 Å². The number of hydrogen-bond donors (Lipinski definition) is 2. The summed E-state index contributed by atoms with van der Waals surface area (Å²) in [5.41, 5.74) is 1.22. The first-order chi connectivity index (χ1) is 7.74. The molecule has 0 bridgehead atoms. The summed E-state index contributed by atoms with van der Waals surface area (Å²) in [6.45, 7) is 3.41. The summed E-state index contributed by atoms with van der Waals surface area (Å²) in [4.78, 5) is 0. The zero-order valence-corrected chi connectivity index (χ0v) is 10.5. The maximum absolute atomic E-state index is 8.65. The third kappa shape index (κ3) is 4.97. The minimum atomic E-state index is 0.295. The van der Waals surface area contributed by atoms with Crippen molar-refractivity contribution >= 4 is 11.6 Å². The molecule has 90 valence electrons. The molecule has 2 N–H and O–H groups in total. The Kier molecular flexibility index (Phi) is 6.46. The molecule has 0 saturated heterocycles. The molecule has 2 nitrogen and oxygen atoms in total. The molecule has 0 spiro atoms. The fourth-order valence-corrected chi connectivity index (χ4v) is 1.82. The molecule has 0 aromatic heterocycles. The molecule has 16 heavy (non-hydrogen) atoms. The van der Waals surface area contributed by atoms with E-state index in [0.29, 0.717) is 12.6 Å². The second kappa shape index (κ2) is 7.66. The molecule has 0 fully saturated rings. The Hall–Kier alpha value is -0.570. The minimum Gasteiger partial charge on any atom is -0.396 e. The lowest BCUT2D eigenvalue weighted by molar-refractivity contribution is 0.282. The molecule has 0 aliphatic carbocycles. The maximum Gasteiger partial charge on any atom is 0.0431 e. The second-order valence-corrected chi connectivity index (χ2v) is 4.45. The van der Waals surface area contributed by atoms with Gasteiger partial charge in [0.2, 0.25) is 0 Å². The van der Waals surface area contributed by atoms with Gasteiger partial charge in [-0.1, -0.05) is 23.7 Å². The highest BCUT2D eigenvalue weighted by Gasteiger charge is 2.03. The van der Waals surface area contributed by atoms with Crippen LogP contribution >= 0.6 is 11.6 Å². The number of hydrogen-bond acceptors (Lipinski definition) is 2. The van der Waals surface area contributed by atoms with Crippen LogP contribution in [0, 0.1) is 0 Å². The normalized spacial score (nSPS) is 12.7. The fourth-order valence-electron chi connectivity index (χ4n) is 1.63. The van der Waals surface area contributed by atoms with Gasteiger partial charge in [0, 0.05) is 17.7 Å². The number of halogens is 1. The summed E-state index contributed by atoms with van der Waals surface area (Å²) in [6.07, 6.45) is 3.07. The van der Waals surface area contributed by atoms with Gasteiger partial charge in [-0.05, 0) is 50.4 Å². The van der Waals surface area contributed by atoms with Crippen molar-refractivity contribution < 1.29 is 5.11 Å². The summed E-state index contributed by atoms with van der Waals surface area (Å²) in [7, 11) is 0. The third-order valence-corrected chi connectivity index (χ3v) is 2.87. The topological polar surface area (TPSA) is 32.3 Å². The Morgan fingerprint density at radius 3 is 2.81 bits per heavy atom. The van der Waals surface area contributed by atoms with Crippen molar-refractivity contribution in [1.82, 2.24) is 5.32 Å². The van der Waals surface area contributed by atoms with Gasteiger partial charge >= 0.3 is 0 Å². The first-order valence-corrected chi connectivity index (χ1v) is 6.21. The zero-order valence-electron chi connectivity index (χ0n) is 9.75. The molecule has 0 unspecified atom stereocenters. The van der Waals surface area contributed by atoms with Crippen LogP contribution < -0.4 is 5.32 Å². The van der Waals surface area contributed by atoms with Crippen LogP contribution in [0.15, 0.2) is 24.3 Å². The molecule has 0 radical (unpaired) electrons. The Morgan fingerprint density at radius 2 is 2.12 bits per heavy atom. The lowest BCUT2D eigenvalue weighted by Crippen LogP contribution is -2.19. The molecule has 1 aromatic carbocycles. The SMILES string of the molecule is C[C@@H](NCCCCCO)c1cccc(Cl)c1. The molecule has 3 heteroatoms. The number of benzene rings is 1. The van der Waals surface area contributed by atoms with Crippen molar-refractivity contribution in [2.75, 3.05) is 13.2 Å². The highest BCUT2D eigenvalue weighted by molar-refractivity contribution is 6.30. The van der Waals surface area contributed by atoms with Gasteiger partial charge in [0.15, 0.2) is 0 Å². The molecular weight excluding hydrogens is 222 g/mol. The van der Waals surface area contributed by atoms with Crippen LogP contribution in [0.25, 0.3) is 0 Å². The first-order valence-electron chi connectivity index (χ1n) is 5.83. The quantitative estimate of drug-likeness (QED) is 0.719. The van der Waals surface area contributed by atoms with E-state index in [1.54, 1.807) is 0 Å². The Balaban J connectivity index is 2.27. The van der Waals surface area contributed by atoms with E-state index < -0.39 is 0 Å². The van der Waals surface area contributed by atoms with E-state index in [0.717, 1.165) is 30.8 Å². The number of aliphatic hydroxyl groups excluding tert-OH is 1. The zero-order chi connectivity index (χ0) is 11.8. The number of nitrogens with one attached hydrogen (secondary N) is 1. The van der Waals surface area contributed by atoms with Gasteiger partial charge in [0.05, 0.1) is 0 Å².